The van der Waals surface area contributed by atoms with Crippen LogP contribution in [0.1, 0.15) is 23.7 Å². The van der Waals surface area contributed by atoms with Crippen LogP contribution in [-0.4, -0.2) is 61.3 Å². The van der Waals surface area contributed by atoms with Gasteiger partial charge in [-0.15, -0.1) is 0 Å². The van der Waals surface area contributed by atoms with Crippen molar-refractivity contribution < 1.29 is 14.3 Å². The van der Waals surface area contributed by atoms with Gasteiger partial charge in [-0.3, -0.25) is 14.5 Å². The minimum atomic E-state index is 0.105. The van der Waals surface area contributed by atoms with Gasteiger partial charge in [0.15, 0.2) is 5.78 Å². The van der Waals surface area contributed by atoms with Crippen molar-refractivity contribution in [3.63, 3.8) is 0 Å². The van der Waals surface area contributed by atoms with Crippen molar-refractivity contribution in [1.29, 1.82) is 0 Å². The number of hydrogen-bond donors (Lipinski definition) is 0. The van der Waals surface area contributed by atoms with Gasteiger partial charge in [0.2, 0.25) is 5.91 Å². The third-order valence-electron chi connectivity index (χ3n) is 3.81. The molecule has 1 heterocycles. The van der Waals surface area contributed by atoms with E-state index in [-0.39, 0.29) is 11.7 Å². The van der Waals surface area contributed by atoms with Crippen LogP contribution in [-0.2, 0) is 4.79 Å². The first-order valence-electron chi connectivity index (χ1n) is 7.31. The van der Waals surface area contributed by atoms with Crippen LogP contribution in [0.2, 0.25) is 0 Å². The van der Waals surface area contributed by atoms with Crippen LogP contribution in [0.5, 0.6) is 5.75 Å². The number of ketones is 1. The lowest BCUT2D eigenvalue weighted by molar-refractivity contribution is -0.132. The third-order valence-corrected chi connectivity index (χ3v) is 3.81. The number of ether oxygens (including phenoxy) is 1. The second kappa shape index (κ2) is 7.22. The normalized spacial score (nSPS) is 15.8. The fourth-order valence-electron chi connectivity index (χ4n) is 2.45. The largest absolute Gasteiger partial charge is 0.497 e. The molecule has 0 aliphatic carbocycles. The fraction of sp³-hybridized carbons (Fsp3) is 0.500. The first-order valence-corrected chi connectivity index (χ1v) is 7.31. The zero-order valence-corrected chi connectivity index (χ0v) is 12.7. The zero-order valence-electron chi connectivity index (χ0n) is 12.7. The summed E-state index contributed by atoms with van der Waals surface area (Å²) < 4.78 is 5.08. The number of Topliss-reactive ketones (excluding diaryl/α,β-unsaturated/α-hetero) is 1. The molecule has 0 unspecified atom stereocenters. The Morgan fingerprint density at radius 2 is 1.71 bits per heavy atom. The maximum Gasteiger partial charge on any atom is 0.222 e. The molecular formula is C16H22N2O3. The molecule has 2 rings (SSSR count). The van der Waals surface area contributed by atoms with E-state index in [4.69, 9.17) is 4.74 Å². The number of methoxy groups -OCH3 is 1. The lowest BCUT2D eigenvalue weighted by Gasteiger charge is -2.34. The van der Waals surface area contributed by atoms with Gasteiger partial charge >= 0.3 is 0 Å². The molecule has 1 fully saturated rings. The summed E-state index contributed by atoms with van der Waals surface area (Å²) in [6.45, 7) is 5.22. The quantitative estimate of drug-likeness (QED) is 0.770. The summed E-state index contributed by atoms with van der Waals surface area (Å²) in [5, 5.41) is 0. The monoisotopic (exact) mass is 290 g/mol. The SMILES string of the molecule is CCC(=O)N1CCN(CC(=O)c2ccc(OC)cc2)CC1. The van der Waals surface area contributed by atoms with E-state index in [0.29, 0.717) is 31.6 Å². The van der Waals surface area contributed by atoms with E-state index in [0.717, 1.165) is 18.8 Å². The Bertz CT molecular complexity index is 491. The molecule has 5 heteroatoms. The Kier molecular flexibility index (Phi) is 5.33. The van der Waals surface area contributed by atoms with Crippen molar-refractivity contribution in [2.24, 2.45) is 0 Å². The van der Waals surface area contributed by atoms with E-state index in [1.54, 1.807) is 31.4 Å². The van der Waals surface area contributed by atoms with E-state index in [9.17, 15) is 9.59 Å². The molecule has 114 valence electrons. The molecule has 0 radical (unpaired) electrons. The standard InChI is InChI=1S/C16H22N2O3/c1-3-16(20)18-10-8-17(9-11-18)12-15(19)13-4-6-14(21-2)7-5-13/h4-7H,3,8-12H2,1-2H3. The number of rotatable bonds is 5. The number of amides is 1. The van der Waals surface area contributed by atoms with Gasteiger partial charge in [-0.1, -0.05) is 6.92 Å². The second-order valence-corrected chi connectivity index (χ2v) is 5.16. The van der Waals surface area contributed by atoms with Crippen LogP contribution in [0, 0.1) is 0 Å². The van der Waals surface area contributed by atoms with Crippen LogP contribution in [0.25, 0.3) is 0 Å². The topological polar surface area (TPSA) is 49.9 Å². The van der Waals surface area contributed by atoms with E-state index in [2.05, 4.69) is 4.90 Å². The van der Waals surface area contributed by atoms with Crippen molar-refractivity contribution in [2.75, 3.05) is 39.8 Å². The summed E-state index contributed by atoms with van der Waals surface area (Å²) >= 11 is 0. The van der Waals surface area contributed by atoms with E-state index in [1.165, 1.54) is 0 Å². The molecule has 5 nitrogen and oxygen atoms in total. The Labute approximate surface area is 125 Å². The number of hydrogen-bond acceptors (Lipinski definition) is 4. The Morgan fingerprint density at radius 1 is 1.10 bits per heavy atom. The zero-order chi connectivity index (χ0) is 15.2. The minimum absolute atomic E-state index is 0.105. The van der Waals surface area contributed by atoms with Crippen molar-refractivity contribution in [1.82, 2.24) is 9.80 Å². The van der Waals surface area contributed by atoms with Gasteiger partial charge in [0.05, 0.1) is 13.7 Å². The number of piperazine rings is 1. The van der Waals surface area contributed by atoms with Crippen molar-refractivity contribution >= 4 is 11.7 Å². The Balaban J connectivity index is 1.85. The Morgan fingerprint density at radius 3 is 2.24 bits per heavy atom. The summed E-state index contributed by atoms with van der Waals surface area (Å²) in [4.78, 5) is 27.8. The average Bonchev–Trinajstić information content (AvgIpc) is 2.55. The van der Waals surface area contributed by atoms with Gasteiger partial charge < -0.3 is 9.64 Å². The molecule has 0 saturated carbocycles. The minimum Gasteiger partial charge on any atom is -0.497 e. The van der Waals surface area contributed by atoms with Gasteiger partial charge in [-0.05, 0) is 24.3 Å². The van der Waals surface area contributed by atoms with Crippen molar-refractivity contribution in [2.45, 2.75) is 13.3 Å². The van der Waals surface area contributed by atoms with Gasteiger partial charge in [0, 0.05) is 38.2 Å². The van der Waals surface area contributed by atoms with Gasteiger partial charge in [0.1, 0.15) is 5.75 Å². The summed E-state index contributed by atoms with van der Waals surface area (Å²) in [5.41, 5.74) is 0.697. The van der Waals surface area contributed by atoms with Crippen LogP contribution in [0.15, 0.2) is 24.3 Å². The highest BCUT2D eigenvalue weighted by molar-refractivity contribution is 5.97. The number of nitrogens with zero attached hydrogens (tertiary/aromatic N) is 2. The molecule has 0 bridgehead atoms. The predicted octanol–water partition coefficient (Wildman–Crippen LogP) is 1.43. The van der Waals surface area contributed by atoms with Crippen molar-refractivity contribution in [3.8, 4) is 5.75 Å². The van der Waals surface area contributed by atoms with Gasteiger partial charge in [-0.25, -0.2) is 0 Å². The number of carbonyl (C=O) groups excluding carboxylic acids is 2. The fourth-order valence-corrected chi connectivity index (χ4v) is 2.45. The van der Waals surface area contributed by atoms with E-state index < -0.39 is 0 Å². The highest BCUT2D eigenvalue weighted by Crippen LogP contribution is 2.12. The molecule has 1 aliphatic heterocycles. The molecule has 1 amide bonds. The van der Waals surface area contributed by atoms with Crippen molar-refractivity contribution in [3.05, 3.63) is 29.8 Å². The molecule has 1 aromatic rings. The van der Waals surface area contributed by atoms with Crippen LogP contribution in [0.3, 0.4) is 0 Å². The van der Waals surface area contributed by atoms with E-state index >= 15 is 0 Å². The second-order valence-electron chi connectivity index (χ2n) is 5.16. The molecule has 1 aromatic carbocycles. The lowest BCUT2D eigenvalue weighted by atomic mass is 10.1. The first-order chi connectivity index (χ1) is 10.1. The third kappa shape index (κ3) is 4.04. The average molecular weight is 290 g/mol. The number of benzene rings is 1. The van der Waals surface area contributed by atoms with Crippen LogP contribution in [0.4, 0.5) is 0 Å². The first kappa shape index (κ1) is 15.5. The molecule has 0 spiro atoms. The molecule has 0 atom stereocenters. The molecule has 0 aromatic heterocycles. The molecular weight excluding hydrogens is 268 g/mol. The number of carbonyl (C=O) groups is 2. The van der Waals surface area contributed by atoms with Crippen LogP contribution >= 0.6 is 0 Å². The summed E-state index contributed by atoms with van der Waals surface area (Å²) in [7, 11) is 1.61. The Hall–Kier alpha value is -1.88. The van der Waals surface area contributed by atoms with Gasteiger partial charge in [-0.2, -0.15) is 0 Å². The lowest BCUT2D eigenvalue weighted by Crippen LogP contribution is -2.49. The smallest absolute Gasteiger partial charge is 0.222 e. The van der Waals surface area contributed by atoms with Gasteiger partial charge in [0.25, 0.3) is 0 Å². The summed E-state index contributed by atoms with van der Waals surface area (Å²) in [6.07, 6.45) is 0.546. The predicted molar refractivity (Wildman–Crippen MR) is 80.6 cm³/mol. The molecule has 21 heavy (non-hydrogen) atoms. The highest BCUT2D eigenvalue weighted by atomic mass is 16.5. The highest BCUT2D eigenvalue weighted by Gasteiger charge is 2.21. The maximum absolute atomic E-state index is 12.2. The molecule has 1 aliphatic rings. The van der Waals surface area contributed by atoms with E-state index in [1.807, 2.05) is 11.8 Å². The summed E-state index contributed by atoms with van der Waals surface area (Å²) in [6, 6.07) is 7.17. The summed E-state index contributed by atoms with van der Waals surface area (Å²) in [5.74, 6) is 1.04. The molecule has 1 saturated heterocycles. The molecule has 0 N–H and O–H groups in total. The van der Waals surface area contributed by atoms with Crippen LogP contribution < -0.4 is 4.74 Å². The maximum atomic E-state index is 12.2.